The van der Waals surface area contributed by atoms with Crippen LogP contribution in [0.15, 0.2) is 36.7 Å². The molecule has 3 fully saturated rings. The number of carbonyl (C=O) groups is 1. The second-order valence-corrected chi connectivity index (χ2v) is 9.83. The van der Waals surface area contributed by atoms with E-state index in [-0.39, 0.29) is 5.91 Å². The molecule has 2 saturated carbocycles. The quantitative estimate of drug-likeness (QED) is 0.642. The molecule has 2 aromatic rings. The zero-order valence-electron chi connectivity index (χ0n) is 19.5. The molecule has 0 radical (unpaired) electrons. The van der Waals surface area contributed by atoms with E-state index in [9.17, 15) is 4.79 Å². The van der Waals surface area contributed by atoms with E-state index in [0.717, 1.165) is 56.7 Å². The predicted octanol–water partition coefficient (Wildman–Crippen LogP) is 3.68. The molecule has 3 aliphatic rings. The van der Waals surface area contributed by atoms with E-state index in [1.807, 2.05) is 18.2 Å². The molecule has 2 N–H and O–H groups in total. The van der Waals surface area contributed by atoms with Crippen molar-refractivity contribution in [2.75, 3.05) is 42.9 Å². The fourth-order valence-corrected chi connectivity index (χ4v) is 5.05. The van der Waals surface area contributed by atoms with Crippen molar-refractivity contribution in [3.63, 3.8) is 0 Å². The van der Waals surface area contributed by atoms with Crippen molar-refractivity contribution in [2.45, 2.75) is 57.5 Å². The predicted molar refractivity (Wildman–Crippen MR) is 132 cm³/mol. The molecule has 2 heterocycles. The number of benzene rings is 1. The highest BCUT2D eigenvalue weighted by atomic mass is 16.1. The molecule has 1 aliphatic heterocycles. The first-order valence-corrected chi connectivity index (χ1v) is 12.7. The standard InChI is InChI=1S/C26H36N6O/c33-26(30-22-10-8-20(9-11-22)17-31-14-12-27-13-15-31)24-16-25(29-19-28-24)32(18-21-6-7-21)23-4-2-1-3-5-23/h8-11,16,19,21,23,27H,1-7,12-15,17-18H2,(H,30,33). The van der Waals surface area contributed by atoms with Crippen molar-refractivity contribution in [3.05, 3.63) is 47.9 Å². The van der Waals surface area contributed by atoms with E-state index >= 15 is 0 Å². The topological polar surface area (TPSA) is 73.4 Å². The summed E-state index contributed by atoms with van der Waals surface area (Å²) in [6, 6.07) is 10.6. The molecular weight excluding hydrogens is 412 g/mol. The third kappa shape index (κ3) is 6.09. The average Bonchev–Trinajstić information content (AvgIpc) is 3.69. The van der Waals surface area contributed by atoms with Crippen LogP contribution in [0.25, 0.3) is 0 Å². The fourth-order valence-electron chi connectivity index (χ4n) is 5.05. The molecule has 1 aromatic heterocycles. The van der Waals surface area contributed by atoms with Crippen LogP contribution in [0.1, 0.15) is 61.0 Å². The fraction of sp³-hybridized carbons (Fsp3) is 0.577. The van der Waals surface area contributed by atoms with Gasteiger partial charge in [-0.3, -0.25) is 9.69 Å². The van der Waals surface area contributed by atoms with Gasteiger partial charge in [0, 0.05) is 57.1 Å². The summed E-state index contributed by atoms with van der Waals surface area (Å²) in [5.74, 6) is 1.50. The molecule has 5 rings (SSSR count). The second kappa shape index (κ2) is 10.6. The van der Waals surface area contributed by atoms with Crippen LogP contribution in [0.4, 0.5) is 11.5 Å². The van der Waals surface area contributed by atoms with Crippen molar-refractivity contribution < 1.29 is 4.79 Å². The van der Waals surface area contributed by atoms with E-state index in [0.29, 0.717) is 11.7 Å². The maximum absolute atomic E-state index is 13.0. The lowest BCUT2D eigenvalue weighted by Gasteiger charge is -2.35. The highest BCUT2D eigenvalue weighted by Crippen LogP contribution is 2.34. The Morgan fingerprint density at radius 2 is 1.79 bits per heavy atom. The summed E-state index contributed by atoms with van der Waals surface area (Å²) in [5, 5.41) is 6.40. The smallest absolute Gasteiger partial charge is 0.274 e. The van der Waals surface area contributed by atoms with E-state index in [2.05, 4.69) is 42.5 Å². The number of nitrogens with zero attached hydrogens (tertiary/aromatic N) is 4. The van der Waals surface area contributed by atoms with Gasteiger partial charge in [-0.2, -0.15) is 0 Å². The number of aromatic nitrogens is 2. The van der Waals surface area contributed by atoms with Gasteiger partial charge >= 0.3 is 0 Å². The van der Waals surface area contributed by atoms with Gasteiger partial charge in [-0.15, -0.1) is 0 Å². The number of rotatable bonds is 8. The first kappa shape index (κ1) is 22.3. The molecule has 0 bridgehead atoms. The Hall–Kier alpha value is -2.51. The molecule has 0 atom stereocenters. The number of piperazine rings is 1. The molecule has 0 unspecified atom stereocenters. The Morgan fingerprint density at radius 1 is 1.03 bits per heavy atom. The lowest BCUT2D eigenvalue weighted by molar-refractivity contribution is 0.102. The van der Waals surface area contributed by atoms with Crippen molar-refractivity contribution in [3.8, 4) is 0 Å². The van der Waals surface area contributed by atoms with Crippen LogP contribution in [0.5, 0.6) is 0 Å². The lowest BCUT2D eigenvalue weighted by Crippen LogP contribution is -2.42. The van der Waals surface area contributed by atoms with Gasteiger partial charge < -0.3 is 15.5 Å². The molecular formula is C26H36N6O. The minimum atomic E-state index is -0.177. The Balaban J connectivity index is 1.23. The summed E-state index contributed by atoms with van der Waals surface area (Å²) in [5.41, 5.74) is 2.50. The van der Waals surface area contributed by atoms with Crippen molar-refractivity contribution in [1.29, 1.82) is 0 Å². The minimum Gasteiger partial charge on any atom is -0.353 e. The summed E-state index contributed by atoms with van der Waals surface area (Å²) < 4.78 is 0. The van der Waals surface area contributed by atoms with Crippen LogP contribution >= 0.6 is 0 Å². The maximum Gasteiger partial charge on any atom is 0.274 e. The maximum atomic E-state index is 13.0. The number of anilines is 2. The van der Waals surface area contributed by atoms with Gasteiger partial charge in [-0.05, 0) is 49.3 Å². The Labute approximate surface area is 197 Å². The van der Waals surface area contributed by atoms with E-state index in [4.69, 9.17) is 0 Å². The monoisotopic (exact) mass is 448 g/mol. The van der Waals surface area contributed by atoms with Gasteiger partial charge in [0.15, 0.2) is 0 Å². The molecule has 1 saturated heterocycles. The zero-order chi connectivity index (χ0) is 22.5. The molecule has 7 nitrogen and oxygen atoms in total. The van der Waals surface area contributed by atoms with Crippen molar-refractivity contribution in [2.24, 2.45) is 5.92 Å². The number of hydrogen-bond acceptors (Lipinski definition) is 6. The van der Waals surface area contributed by atoms with Gasteiger partial charge in [0.05, 0.1) is 0 Å². The van der Waals surface area contributed by atoms with Gasteiger partial charge in [-0.25, -0.2) is 9.97 Å². The molecule has 1 aromatic carbocycles. The highest BCUT2D eigenvalue weighted by Gasteiger charge is 2.30. The highest BCUT2D eigenvalue weighted by molar-refractivity contribution is 6.03. The van der Waals surface area contributed by atoms with Gasteiger partial charge in [-0.1, -0.05) is 31.4 Å². The second-order valence-electron chi connectivity index (χ2n) is 9.83. The number of carbonyl (C=O) groups excluding carboxylic acids is 1. The van der Waals surface area contributed by atoms with E-state index in [1.54, 1.807) is 6.33 Å². The minimum absolute atomic E-state index is 0.177. The molecule has 176 valence electrons. The van der Waals surface area contributed by atoms with Crippen LogP contribution in [0.2, 0.25) is 0 Å². The number of nitrogens with one attached hydrogen (secondary N) is 2. The van der Waals surface area contributed by atoms with Crippen LogP contribution in [0, 0.1) is 5.92 Å². The summed E-state index contributed by atoms with van der Waals surface area (Å²) in [4.78, 5) is 26.7. The van der Waals surface area contributed by atoms with E-state index < -0.39 is 0 Å². The van der Waals surface area contributed by atoms with Gasteiger partial charge in [0.2, 0.25) is 0 Å². The Kier molecular flexibility index (Phi) is 7.17. The SMILES string of the molecule is O=C(Nc1ccc(CN2CCNCC2)cc1)c1cc(N(CC2CC2)C2CCCCC2)ncn1. The zero-order valence-corrected chi connectivity index (χ0v) is 19.5. The molecule has 1 amide bonds. The summed E-state index contributed by atoms with van der Waals surface area (Å²) >= 11 is 0. The third-order valence-electron chi connectivity index (χ3n) is 7.17. The van der Waals surface area contributed by atoms with Crippen molar-refractivity contribution in [1.82, 2.24) is 20.2 Å². The van der Waals surface area contributed by atoms with E-state index in [1.165, 1.54) is 50.5 Å². The third-order valence-corrected chi connectivity index (χ3v) is 7.17. The summed E-state index contributed by atoms with van der Waals surface area (Å²) in [6.45, 7) is 6.25. The van der Waals surface area contributed by atoms with Crippen LogP contribution in [-0.2, 0) is 6.54 Å². The van der Waals surface area contributed by atoms with Gasteiger partial charge in [0.25, 0.3) is 5.91 Å². The van der Waals surface area contributed by atoms with Gasteiger partial charge in [0.1, 0.15) is 17.8 Å². The Morgan fingerprint density at radius 3 is 2.52 bits per heavy atom. The molecule has 0 spiro atoms. The molecule has 7 heteroatoms. The summed E-state index contributed by atoms with van der Waals surface area (Å²) in [6.07, 6.45) is 10.5. The van der Waals surface area contributed by atoms with Crippen molar-refractivity contribution >= 4 is 17.4 Å². The molecule has 33 heavy (non-hydrogen) atoms. The Bertz CT molecular complexity index is 917. The summed E-state index contributed by atoms with van der Waals surface area (Å²) in [7, 11) is 0. The largest absolute Gasteiger partial charge is 0.353 e. The van der Waals surface area contributed by atoms with Crippen LogP contribution < -0.4 is 15.5 Å². The average molecular weight is 449 g/mol. The van der Waals surface area contributed by atoms with Crippen LogP contribution in [-0.4, -0.2) is 59.5 Å². The molecule has 2 aliphatic carbocycles. The first-order chi connectivity index (χ1) is 16.2. The lowest BCUT2D eigenvalue weighted by atomic mass is 9.94. The number of hydrogen-bond donors (Lipinski definition) is 2. The van der Waals surface area contributed by atoms with Crippen LogP contribution in [0.3, 0.4) is 0 Å². The normalized spacial score (nSPS) is 19.9. The first-order valence-electron chi connectivity index (χ1n) is 12.7. The number of amides is 1.